The van der Waals surface area contributed by atoms with Crippen LogP contribution in [-0.2, 0) is 11.3 Å². The van der Waals surface area contributed by atoms with Gasteiger partial charge in [-0.2, -0.15) is 0 Å². The van der Waals surface area contributed by atoms with Crippen molar-refractivity contribution >= 4 is 11.5 Å². The van der Waals surface area contributed by atoms with Crippen molar-refractivity contribution in [2.24, 2.45) is 0 Å². The van der Waals surface area contributed by atoms with Gasteiger partial charge in [0.1, 0.15) is 17.2 Å². The Kier molecular flexibility index (Phi) is 3.39. The number of aryl methyl sites for hydroxylation is 2. The van der Waals surface area contributed by atoms with Crippen LogP contribution in [0.1, 0.15) is 16.8 Å². The van der Waals surface area contributed by atoms with E-state index in [-0.39, 0.29) is 0 Å². The Morgan fingerprint density at radius 2 is 1.95 bits per heavy atom. The van der Waals surface area contributed by atoms with Crippen LogP contribution in [0.3, 0.4) is 0 Å². The van der Waals surface area contributed by atoms with Crippen LogP contribution < -0.4 is 5.73 Å². The van der Waals surface area contributed by atoms with E-state index in [1.807, 2.05) is 41.7 Å². The van der Waals surface area contributed by atoms with Gasteiger partial charge >= 0.3 is 0 Å². The molecule has 3 rings (SSSR count). The van der Waals surface area contributed by atoms with Crippen molar-refractivity contribution in [2.45, 2.75) is 20.5 Å². The van der Waals surface area contributed by atoms with Crippen LogP contribution in [0.25, 0.3) is 16.9 Å². The third kappa shape index (κ3) is 2.28. The standard InChI is InChI=1S/C17H19N3O/c1-11-8-12(2)20-15(9-11)19-16(17(20)18)14-7-5-4-6-13(14)10-21-3/h4-9H,10,18H2,1-3H3. The lowest BCUT2D eigenvalue weighted by Gasteiger charge is -2.07. The number of pyridine rings is 1. The van der Waals surface area contributed by atoms with Crippen LogP contribution in [0, 0.1) is 13.8 Å². The molecular weight excluding hydrogens is 262 g/mol. The summed E-state index contributed by atoms with van der Waals surface area (Å²) in [6.45, 7) is 4.65. The fourth-order valence-corrected chi connectivity index (χ4v) is 2.79. The molecule has 0 radical (unpaired) electrons. The summed E-state index contributed by atoms with van der Waals surface area (Å²) >= 11 is 0. The molecule has 0 aliphatic rings. The average molecular weight is 281 g/mol. The highest BCUT2D eigenvalue weighted by Gasteiger charge is 2.15. The van der Waals surface area contributed by atoms with E-state index in [0.29, 0.717) is 12.4 Å². The highest BCUT2D eigenvalue weighted by molar-refractivity contribution is 5.77. The number of fused-ring (bicyclic) bond motifs is 1. The van der Waals surface area contributed by atoms with Crippen molar-refractivity contribution in [3.8, 4) is 11.3 Å². The van der Waals surface area contributed by atoms with Crippen molar-refractivity contribution in [2.75, 3.05) is 12.8 Å². The molecular formula is C17H19N3O. The van der Waals surface area contributed by atoms with Crippen LogP contribution in [0.4, 0.5) is 5.82 Å². The van der Waals surface area contributed by atoms with E-state index in [2.05, 4.69) is 13.0 Å². The van der Waals surface area contributed by atoms with Crippen LogP contribution in [-0.4, -0.2) is 16.5 Å². The number of aromatic nitrogens is 2. The summed E-state index contributed by atoms with van der Waals surface area (Å²) in [4.78, 5) is 4.73. The van der Waals surface area contributed by atoms with Crippen LogP contribution >= 0.6 is 0 Å². The summed E-state index contributed by atoms with van der Waals surface area (Å²) in [5.74, 6) is 0.672. The largest absolute Gasteiger partial charge is 0.383 e. The van der Waals surface area contributed by atoms with Gasteiger partial charge in [-0.05, 0) is 37.1 Å². The number of hydrogen-bond acceptors (Lipinski definition) is 3. The molecule has 108 valence electrons. The molecule has 2 heterocycles. The number of nitrogen functional groups attached to an aromatic ring is 1. The molecule has 3 aromatic rings. The molecule has 0 aliphatic carbocycles. The minimum atomic E-state index is 0.543. The molecule has 2 N–H and O–H groups in total. The van der Waals surface area contributed by atoms with Crippen LogP contribution in [0.15, 0.2) is 36.4 Å². The quantitative estimate of drug-likeness (QED) is 0.801. The summed E-state index contributed by atoms with van der Waals surface area (Å²) in [5.41, 5.74) is 12.4. The zero-order chi connectivity index (χ0) is 15.0. The number of imidazole rings is 1. The Morgan fingerprint density at radius 1 is 1.19 bits per heavy atom. The van der Waals surface area contributed by atoms with Gasteiger partial charge in [0.05, 0.1) is 6.61 Å². The first-order valence-electron chi connectivity index (χ1n) is 6.94. The second-order valence-corrected chi connectivity index (χ2v) is 5.30. The second kappa shape index (κ2) is 5.22. The average Bonchev–Trinajstić information content (AvgIpc) is 2.77. The van der Waals surface area contributed by atoms with E-state index in [9.17, 15) is 0 Å². The lowest BCUT2D eigenvalue weighted by molar-refractivity contribution is 0.185. The molecule has 4 heteroatoms. The first-order chi connectivity index (χ1) is 10.1. The third-order valence-corrected chi connectivity index (χ3v) is 3.66. The van der Waals surface area contributed by atoms with Gasteiger partial charge in [0.2, 0.25) is 0 Å². The van der Waals surface area contributed by atoms with Gasteiger partial charge in [-0.3, -0.25) is 4.40 Å². The molecule has 0 unspecified atom stereocenters. The van der Waals surface area contributed by atoms with Gasteiger partial charge in [0, 0.05) is 18.4 Å². The van der Waals surface area contributed by atoms with Crippen molar-refractivity contribution in [3.63, 3.8) is 0 Å². The SMILES string of the molecule is COCc1ccccc1-c1nc2cc(C)cc(C)n2c1N. The molecule has 0 fully saturated rings. The van der Waals surface area contributed by atoms with E-state index < -0.39 is 0 Å². The topological polar surface area (TPSA) is 52.5 Å². The molecule has 0 bridgehead atoms. The Hall–Kier alpha value is -2.33. The first-order valence-corrected chi connectivity index (χ1v) is 6.94. The number of nitrogens with two attached hydrogens (primary N) is 1. The van der Waals surface area contributed by atoms with Crippen molar-refractivity contribution in [3.05, 3.63) is 53.2 Å². The highest BCUT2D eigenvalue weighted by atomic mass is 16.5. The molecule has 0 aliphatic heterocycles. The Balaban J connectivity index is 2.27. The number of rotatable bonds is 3. The zero-order valence-corrected chi connectivity index (χ0v) is 12.6. The summed E-state index contributed by atoms with van der Waals surface area (Å²) in [6, 6.07) is 12.2. The number of hydrogen-bond donors (Lipinski definition) is 1. The molecule has 21 heavy (non-hydrogen) atoms. The van der Waals surface area contributed by atoms with E-state index >= 15 is 0 Å². The van der Waals surface area contributed by atoms with Crippen molar-refractivity contribution < 1.29 is 4.74 Å². The van der Waals surface area contributed by atoms with Crippen molar-refractivity contribution in [1.82, 2.24) is 9.38 Å². The number of benzene rings is 1. The molecule has 0 spiro atoms. The van der Waals surface area contributed by atoms with Gasteiger partial charge in [0.15, 0.2) is 0 Å². The Bertz CT molecular complexity index is 805. The summed E-state index contributed by atoms with van der Waals surface area (Å²) < 4.78 is 7.26. The normalized spacial score (nSPS) is 11.2. The molecule has 0 amide bonds. The van der Waals surface area contributed by atoms with Gasteiger partial charge in [-0.25, -0.2) is 4.98 Å². The maximum Gasteiger partial charge on any atom is 0.139 e. The predicted octanol–water partition coefficient (Wildman–Crippen LogP) is 3.35. The Morgan fingerprint density at radius 3 is 2.71 bits per heavy atom. The highest BCUT2D eigenvalue weighted by Crippen LogP contribution is 2.30. The molecule has 2 aromatic heterocycles. The number of methoxy groups -OCH3 is 1. The molecule has 4 nitrogen and oxygen atoms in total. The van der Waals surface area contributed by atoms with Crippen LogP contribution in [0.2, 0.25) is 0 Å². The molecule has 0 atom stereocenters. The lowest BCUT2D eigenvalue weighted by Crippen LogP contribution is -1.99. The summed E-state index contributed by atoms with van der Waals surface area (Å²) in [7, 11) is 1.69. The van der Waals surface area contributed by atoms with E-state index in [0.717, 1.165) is 28.2 Å². The fraction of sp³-hybridized carbons (Fsp3) is 0.235. The fourth-order valence-electron chi connectivity index (χ4n) is 2.79. The van der Waals surface area contributed by atoms with Crippen molar-refractivity contribution in [1.29, 1.82) is 0 Å². The first kappa shape index (κ1) is 13.6. The smallest absolute Gasteiger partial charge is 0.139 e. The van der Waals surface area contributed by atoms with Crippen LogP contribution in [0.5, 0.6) is 0 Å². The summed E-state index contributed by atoms with van der Waals surface area (Å²) in [5, 5.41) is 0. The zero-order valence-electron chi connectivity index (χ0n) is 12.6. The minimum Gasteiger partial charge on any atom is -0.383 e. The maximum absolute atomic E-state index is 6.35. The third-order valence-electron chi connectivity index (χ3n) is 3.66. The number of anilines is 1. The number of nitrogens with zero attached hydrogens (tertiary/aromatic N) is 2. The monoisotopic (exact) mass is 281 g/mol. The maximum atomic E-state index is 6.35. The minimum absolute atomic E-state index is 0.543. The molecule has 1 aromatic carbocycles. The van der Waals surface area contributed by atoms with E-state index in [1.165, 1.54) is 5.56 Å². The lowest BCUT2D eigenvalue weighted by atomic mass is 10.1. The summed E-state index contributed by atoms with van der Waals surface area (Å²) in [6.07, 6.45) is 0. The Labute approximate surface area is 124 Å². The van der Waals surface area contributed by atoms with Gasteiger partial charge in [0.25, 0.3) is 0 Å². The number of ether oxygens (including phenoxy) is 1. The molecule has 0 saturated carbocycles. The van der Waals surface area contributed by atoms with Gasteiger partial charge in [-0.15, -0.1) is 0 Å². The molecule has 0 saturated heterocycles. The second-order valence-electron chi connectivity index (χ2n) is 5.30. The van der Waals surface area contributed by atoms with Gasteiger partial charge < -0.3 is 10.5 Å². The van der Waals surface area contributed by atoms with E-state index in [4.69, 9.17) is 15.5 Å². The van der Waals surface area contributed by atoms with E-state index in [1.54, 1.807) is 7.11 Å². The van der Waals surface area contributed by atoms with Gasteiger partial charge in [-0.1, -0.05) is 24.3 Å². The predicted molar refractivity (Wildman–Crippen MR) is 85.2 cm³/mol.